The van der Waals surface area contributed by atoms with Gasteiger partial charge in [-0.15, -0.1) is 0 Å². The maximum atomic E-state index is 13.8. The molecule has 0 atom stereocenters. The summed E-state index contributed by atoms with van der Waals surface area (Å²) in [4.78, 5) is 20.1. The lowest BCUT2D eigenvalue weighted by Gasteiger charge is -2.01. The van der Waals surface area contributed by atoms with E-state index in [1.165, 1.54) is 6.07 Å². The molecule has 0 spiro atoms. The Bertz CT molecular complexity index is 1110. The topological polar surface area (TPSA) is 91.2 Å². The zero-order valence-electron chi connectivity index (χ0n) is 15.2. The number of esters is 1. The molecule has 0 aliphatic heterocycles. The second-order valence-corrected chi connectivity index (χ2v) is 6.16. The number of ether oxygens (including phenoxy) is 1. The first-order chi connectivity index (χ1) is 14.2. The van der Waals surface area contributed by atoms with Gasteiger partial charge >= 0.3 is 5.97 Å². The smallest absolute Gasteiger partial charge is 0.306 e. The molecule has 0 aliphatic rings. The molecule has 3 heterocycles. The van der Waals surface area contributed by atoms with Gasteiger partial charge in [0.1, 0.15) is 17.3 Å². The number of carbonyl (C=O) groups is 1. The molecule has 146 valence electrons. The van der Waals surface area contributed by atoms with Gasteiger partial charge in [0.05, 0.1) is 12.0 Å². The Labute approximate surface area is 165 Å². The minimum atomic E-state index is -0.435. The standard InChI is InChI=1S/C21H16FN3O4/c22-17-6-2-1-5-16(17)18-9-7-15(28-18)8-10-20(26)27-13-19-24-21(25-29-19)14-4-3-11-23-12-14/h1-7,9,11-12H,8,10,13H2. The minimum absolute atomic E-state index is 0.105. The van der Waals surface area contributed by atoms with E-state index in [1.807, 2.05) is 0 Å². The molecule has 0 unspecified atom stereocenters. The Kier molecular flexibility index (Phi) is 5.42. The number of rotatable bonds is 7. The molecule has 0 aliphatic carbocycles. The quantitative estimate of drug-likeness (QED) is 0.434. The molecule has 4 aromatic rings. The van der Waals surface area contributed by atoms with Crippen LogP contribution >= 0.6 is 0 Å². The molecule has 0 bridgehead atoms. The summed E-state index contributed by atoms with van der Waals surface area (Å²) in [6.07, 6.45) is 3.69. The fourth-order valence-electron chi connectivity index (χ4n) is 2.68. The molecule has 1 aromatic carbocycles. The number of halogens is 1. The zero-order chi connectivity index (χ0) is 20.1. The van der Waals surface area contributed by atoms with Gasteiger partial charge in [-0.1, -0.05) is 17.3 Å². The Hall–Kier alpha value is -3.81. The summed E-state index contributed by atoms with van der Waals surface area (Å²) in [7, 11) is 0. The average molecular weight is 393 g/mol. The summed E-state index contributed by atoms with van der Waals surface area (Å²) in [5, 5.41) is 3.83. The Morgan fingerprint density at radius 3 is 2.83 bits per heavy atom. The van der Waals surface area contributed by atoms with E-state index in [9.17, 15) is 9.18 Å². The number of aryl methyl sites for hydroxylation is 1. The second-order valence-electron chi connectivity index (χ2n) is 6.16. The Balaban J connectivity index is 1.28. The van der Waals surface area contributed by atoms with Crippen molar-refractivity contribution in [2.45, 2.75) is 19.4 Å². The molecular formula is C21H16FN3O4. The maximum absolute atomic E-state index is 13.8. The number of benzene rings is 1. The van der Waals surface area contributed by atoms with Gasteiger partial charge < -0.3 is 13.7 Å². The van der Waals surface area contributed by atoms with Gasteiger partial charge in [-0.25, -0.2) is 4.39 Å². The summed E-state index contributed by atoms with van der Waals surface area (Å²) < 4.78 is 29.7. The van der Waals surface area contributed by atoms with Crippen molar-refractivity contribution in [3.63, 3.8) is 0 Å². The Morgan fingerprint density at radius 2 is 2.00 bits per heavy atom. The van der Waals surface area contributed by atoms with Gasteiger partial charge in [-0.3, -0.25) is 9.78 Å². The normalized spacial score (nSPS) is 10.8. The monoisotopic (exact) mass is 393 g/mol. The van der Waals surface area contributed by atoms with Crippen molar-refractivity contribution >= 4 is 5.97 Å². The van der Waals surface area contributed by atoms with Crippen LogP contribution in [-0.2, 0) is 22.6 Å². The first-order valence-corrected chi connectivity index (χ1v) is 8.91. The summed E-state index contributed by atoms with van der Waals surface area (Å²) >= 11 is 0. The van der Waals surface area contributed by atoms with Crippen LogP contribution in [0.3, 0.4) is 0 Å². The van der Waals surface area contributed by atoms with Crippen LogP contribution in [0.1, 0.15) is 18.1 Å². The van der Waals surface area contributed by atoms with Crippen molar-refractivity contribution < 1.29 is 22.9 Å². The largest absolute Gasteiger partial charge is 0.461 e. The van der Waals surface area contributed by atoms with Crippen LogP contribution in [0, 0.1) is 5.82 Å². The third kappa shape index (κ3) is 4.55. The maximum Gasteiger partial charge on any atom is 0.306 e. The Morgan fingerprint density at radius 1 is 1.10 bits per heavy atom. The van der Waals surface area contributed by atoms with Crippen molar-refractivity contribution in [1.29, 1.82) is 0 Å². The summed E-state index contributed by atoms with van der Waals surface area (Å²) in [6.45, 7) is -0.120. The van der Waals surface area contributed by atoms with Crippen molar-refractivity contribution in [2.75, 3.05) is 0 Å². The van der Waals surface area contributed by atoms with Gasteiger partial charge in [0, 0.05) is 24.4 Å². The number of carbonyl (C=O) groups excluding carboxylic acids is 1. The number of aromatic nitrogens is 3. The molecule has 29 heavy (non-hydrogen) atoms. The number of nitrogens with zero attached hydrogens (tertiary/aromatic N) is 3. The number of furan rings is 1. The summed E-state index contributed by atoms with van der Waals surface area (Å²) in [5.41, 5.74) is 1.08. The van der Waals surface area contributed by atoms with Crippen LogP contribution in [0.2, 0.25) is 0 Å². The van der Waals surface area contributed by atoms with Crippen LogP contribution in [-0.4, -0.2) is 21.1 Å². The van der Waals surface area contributed by atoms with E-state index in [0.29, 0.717) is 34.9 Å². The molecule has 0 radical (unpaired) electrons. The first kappa shape index (κ1) is 18.5. The number of pyridine rings is 1. The molecule has 3 aromatic heterocycles. The highest BCUT2D eigenvalue weighted by Crippen LogP contribution is 2.25. The zero-order valence-corrected chi connectivity index (χ0v) is 15.2. The van der Waals surface area contributed by atoms with Crippen molar-refractivity contribution in [3.05, 3.63) is 78.4 Å². The minimum Gasteiger partial charge on any atom is -0.461 e. The predicted molar refractivity (Wildman–Crippen MR) is 99.7 cm³/mol. The van der Waals surface area contributed by atoms with E-state index in [-0.39, 0.29) is 24.7 Å². The predicted octanol–water partition coefficient (Wildman–Crippen LogP) is 4.21. The molecule has 0 amide bonds. The SMILES string of the molecule is O=C(CCc1ccc(-c2ccccc2F)o1)OCc1nc(-c2cccnc2)no1. The van der Waals surface area contributed by atoms with Crippen LogP contribution in [0.5, 0.6) is 0 Å². The van der Waals surface area contributed by atoms with E-state index in [0.717, 1.165) is 0 Å². The lowest BCUT2D eigenvalue weighted by atomic mass is 10.1. The van der Waals surface area contributed by atoms with Crippen LogP contribution in [0.15, 0.2) is 69.9 Å². The third-order valence-corrected chi connectivity index (χ3v) is 4.12. The fourth-order valence-corrected chi connectivity index (χ4v) is 2.68. The molecule has 8 heteroatoms. The second kappa shape index (κ2) is 8.47. The van der Waals surface area contributed by atoms with E-state index in [4.69, 9.17) is 13.7 Å². The highest BCUT2D eigenvalue weighted by Gasteiger charge is 2.13. The average Bonchev–Trinajstić information content (AvgIpc) is 3.41. The number of hydrogen-bond acceptors (Lipinski definition) is 7. The lowest BCUT2D eigenvalue weighted by Crippen LogP contribution is -2.05. The van der Waals surface area contributed by atoms with E-state index in [2.05, 4.69) is 15.1 Å². The highest BCUT2D eigenvalue weighted by atomic mass is 19.1. The molecule has 4 rings (SSSR count). The molecule has 0 fully saturated rings. The molecule has 0 saturated heterocycles. The first-order valence-electron chi connectivity index (χ1n) is 8.91. The van der Waals surface area contributed by atoms with Gasteiger partial charge in [0.2, 0.25) is 5.82 Å². The molecular weight excluding hydrogens is 377 g/mol. The van der Waals surface area contributed by atoms with Crippen LogP contribution in [0.4, 0.5) is 4.39 Å². The van der Waals surface area contributed by atoms with Crippen molar-refractivity contribution in [1.82, 2.24) is 15.1 Å². The molecule has 0 saturated carbocycles. The van der Waals surface area contributed by atoms with E-state index < -0.39 is 5.97 Å². The lowest BCUT2D eigenvalue weighted by molar-refractivity contribution is -0.145. The van der Waals surface area contributed by atoms with Gasteiger partial charge in [0.25, 0.3) is 5.89 Å². The van der Waals surface area contributed by atoms with Crippen LogP contribution in [0.25, 0.3) is 22.7 Å². The van der Waals surface area contributed by atoms with Gasteiger partial charge in [-0.05, 0) is 36.4 Å². The van der Waals surface area contributed by atoms with E-state index >= 15 is 0 Å². The van der Waals surface area contributed by atoms with Gasteiger partial charge in [-0.2, -0.15) is 4.98 Å². The van der Waals surface area contributed by atoms with Crippen LogP contribution < -0.4 is 0 Å². The highest BCUT2D eigenvalue weighted by molar-refractivity contribution is 5.69. The third-order valence-electron chi connectivity index (χ3n) is 4.12. The number of hydrogen-bond donors (Lipinski definition) is 0. The molecule has 0 N–H and O–H groups in total. The van der Waals surface area contributed by atoms with Crippen molar-refractivity contribution in [3.8, 4) is 22.7 Å². The summed E-state index contributed by atoms with van der Waals surface area (Å²) in [5.74, 6) is 0.752. The fraction of sp³-hybridized carbons (Fsp3) is 0.143. The van der Waals surface area contributed by atoms with Gasteiger partial charge in [0.15, 0.2) is 6.61 Å². The summed E-state index contributed by atoms with van der Waals surface area (Å²) in [6, 6.07) is 13.3. The van der Waals surface area contributed by atoms with E-state index in [1.54, 1.807) is 54.9 Å². The molecule has 7 nitrogen and oxygen atoms in total. The van der Waals surface area contributed by atoms with Crippen molar-refractivity contribution in [2.24, 2.45) is 0 Å².